The molecule has 3 nitrogen and oxygen atoms in total. The molecule has 4 heteroatoms. The van der Waals surface area contributed by atoms with Gasteiger partial charge in [-0.1, -0.05) is 0 Å². The fraction of sp³-hybridized carbons (Fsp3) is 0.583. The van der Waals surface area contributed by atoms with Gasteiger partial charge in [0.1, 0.15) is 0 Å². The summed E-state index contributed by atoms with van der Waals surface area (Å²) < 4.78 is 0. The maximum absolute atomic E-state index is 11.4. The monoisotopic (exact) mass is 240 g/mol. The molecule has 0 aliphatic heterocycles. The summed E-state index contributed by atoms with van der Waals surface area (Å²) in [7, 11) is 0. The zero-order chi connectivity index (χ0) is 12.0. The molecule has 1 rings (SSSR count). The highest BCUT2D eigenvalue weighted by Crippen LogP contribution is 2.15. The number of nitrogens with one attached hydrogen (secondary N) is 2. The lowest BCUT2D eigenvalue weighted by Gasteiger charge is -2.13. The number of hydrogen-bond donors (Lipinski definition) is 2. The summed E-state index contributed by atoms with van der Waals surface area (Å²) in [4.78, 5) is 11.4. The fourth-order valence-electron chi connectivity index (χ4n) is 1.44. The van der Waals surface area contributed by atoms with Crippen LogP contribution in [0.2, 0.25) is 0 Å². The van der Waals surface area contributed by atoms with Crippen LogP contribution in [0, 0.1) is 0 Å². The van der Waals surface area contributed by atoms with Gasteiger partial charge < -0.3 is 10.6 Å². The molecule has 0 aliphatic rings. The van der Waals surface area contributed by atoms with E-state index in [1.807, 2.05) is 13.8 Å². The van der Waals surface area contributed by atoms with Crippen LogP contribution in [0.3, 0.4) is 0 Å². The van der Waals surface area contributed by atoms with Crippen LogP contribution in [0.1, 0.15) is 38.8 Å². The SMILES string of the molecule is CC(C)NC(=O)CCNC(C)c1ccsc1. The fourth-order valence-corrected chi connectivity index (χ4v) is 2.19. The minimum Gasteiger partial charge on any atom is -0.354 e. The second-order valence-corrected chi connectivity index (χ2v) is 4.98. The molecule has 1 unspecified atom stereocenters. The normalized spacial score (nSPS) is 12.8. The summed E-state index contributed by atoms with van der Waals surface area (Å²) in [6.45, 7) is 6.77. The summed E-state index contributed by atoms with van der Waals surface area (Å²) >= 11 is 1.70. The zero-order valence-corrected chi connectivity index (χ0v) is 10.9. The summed E-state index contributed by atoms with van der Waals surface area (Å²) in [5.74, 6) is 0.111. The zero-order valence-electron chi connectivity index (χ0n) is 10.1. The minimum atomic E-state index is 0.111. The van der Waals surface area contributed by atoms with Crippen LogP contribution in [-0.4, -0.2) is 18.5 Å². The Morgan fingerprint density at radius 3 is 2.75 bits per heavy atom. The van der Waals surface area contributed by atoms with E-state index in [-0.39, 0.29) is 11.9 Å². The lowest BCUT2D eigenvalue weighted by Crippen LogP contribution is -2.33. The van der Waals surface area contributed by atoms with Crippen LogP contribution < -0.4 is 10.6 Å². The summed E-state index contributed by atoms with van der Waals surface area (Å²) in [5.41, 5.74) is 1.29. The molecule has 0 spiro atoms. The van der Waals surface area contributed by atoms with Crippen molar-refractivity contribution in [1.82, 2.24) is 10.6 Å². The van der Waals surface area contributed by atoms with E-state index in [4.69, 9.17) is 0 Å². The highest BCUT2D eigenvalue weighted by molar-refractivity contribution is 7.07. The van der Waals surface area contributed by atoms with Crippen molar-refractivity contribution in [3.63, 3.8) is 0 Å². The predicted octanol–water partition coefficient (Wildman–Crippen LogP) is 2.31. The van der Waals surface area contributed by atoms with Gasteiger partial charge in [0.25, 0.3) is 0 Å². The Morgan fingerprint density at radius 2 is 2.19 bits per heavy atom. The molecular formula is C12H20N2OS. The molecule has 90 valence electrons. The lowest BCUT2D eigenvalue weighted by atomic mass is 10.2. The van der Waals surface area contributed by atoms with Crippen molar-refractivity contribution in [1.29, 1.82) is 0 Å². The van der Waals surface area contributed by atoms with Crippen LogP contribution in [0.15, 0.2) is 16.8 Å². The average molecular weight is 240 g/mol. The Labute approximate surface area is 101 Å². The van der Waals surface area contributed by atoms with E-state index in [1.165, 1.54) is 5.56 Å². The molecule has 16 heavy (non-hydrogen) atoms. The molecule has 0 saturated heterocycles. The van der Waals surface area contributed by atoms with E-state index in [2.05, 4.69) is 34.4 Å². The molecular weight excluding hydrogens is 220 g/mol. The van der Waals surface area contributed by atoms with E-state index in [0.29, 0.717) is 12.5 Å². The van der Waals surface area contributed by atoms with Gasteiger partial charge in [-0.15, -0.1) is 0 Å². The van der Waals surface area contributed by atoms with Crippen molar-refractivity contribution in [2.75, 3.05) is 6.54 Å². The first-order chi connectivity index (χ1) is 7.59. The highest BCUT2D eigenvalue weighted by Gasteiger charge is 2.06. The van der Waals surface area contributed by atoms with Gasteiger partial charge in [-0.25, -0.2) is 0 Å². The Balaban J connectivity index is 2.18. The molecule has 1 aromatic heterocycles. The number of carbonyl (C=O) groups excluding carboxylic acids is 1. The number of carbonyl (C=O) groups is 1. The molecule has 0 bridgehead atoms. The largest absolute Gasteiger partial charge is 0.354 e. The number of amides is 1. The van der Waals surface area contributed by atoms with Crippen molar-refractivity contribution >= 4 is 17.2 Å². The Kier molecular flexibility index (Phi) is 5.49. The van der Waals surface area contributed by atoms with Gasteiger partial charge in [0.2, 0.25) is 5.91 Å². The third kappa shape index (κ3) is 4.77. The molecule has 0 radical (unpaired) electrons. The van der Waals surface area contributed by atoms with Gasteiger partial charge >= 0.3 is 0 Å². The van der Waals surface area contributed by atoms with Gasteiger partial charge in [-0.05, 0) is 43.2 Å². The third-order valence-electron chi connectivity index (χ3n) is 2.30. The van der Waals surface area contributed by atoms with Gasteiger partial charge in [0, 0.05) is 25.0 Å². The highest BCUT2D eigenvalue weighted by atomic mass is 32.1. The third-order valence-corrected chi connectivity index (χ3v) is 3.00. The van der Waals surface area contributed by atoms with Gasteiger partial charge in [0.15, 0.2) is 0 Å². The molecule has 1 amide bonds. The van der Waals surface area contributed by atoms with Gasteiger partial charge in [0.05, 0.1) is 0 Å². The van der Waals surface area contributed by atoms with Gasteiger partial charge in [-0.3, -0.25) is 4.79 Å². The van der Waals surface area contributed by atoms with E-state index in [1.54, 1.807) is 11.3 Å². The van der Waals surface area contributed by atoms with Crippen LogP contribution in [0.25, 0.3) is 0 Å². The first kappa shape index (κ1) is 13.2. The molecule has 0 fully saturated rings. The predicted molar refractivity (Wildman–Crippen MR) is 68.6 cm³/mol. The quantitative estimate of drug-likeness (QED) is 0.801. The standard InChI is InChI=1S/C12H20N2OS/c1-9(2)14-12(15)4-6-13-10(3)11-5-7-16-8-11/h5,7-10,13H,4,6H2,1-3H3,(H,14,15). The van der Waals surface area contributed by atoms with E-state index in [9.17, 15) is 4.79 Å². The first-order valence-electron chi connectivity index (χ1n) is 5.64. The lowest BCUT2D eigenvalue weighted by molar-refractivity contribution is -0.121. The number of thiophene rings is 1. The van der Waals surface area contributed by atoms with Crippen LogP contribution >= 0.6 is 11.3 Å². The molecule has 2 N–H and O–H groups in total. The number of hydrogen-bond acceptors (Lipinski definition) is 3. The molecule has 1 aromatic rings. The Hall–Kier alpha value is -0.870. The summed E-state index contributed by atoms with van der Waals surface area (Å²) in [6, 6.07) is 2.65. The molecule has 0 aromatic carbocycles. The number of rotatable bonds is 6. The van der Waals surface area contributed by atoms with Crippen molar-refractivity contribution < 1.29 is 4.79 Å². The Morgan fingerprint density at radius 1 is 1.44 bits per heavy atom. The molecule has 0 saturated carbocycles. The van der Waals surface area contributed by atoms with E-state index < -0.39 is 0 Å². The van der Waals surface area contributed by atoms with Crippen LogP contribution in [-0.2, 0) is 4.79 Å². The maximum Gasteiger partial charge on any atom is 0.221 e. The first-order valence-corrected chi connectivity index (χ1v) is 6.58. The van der Waals surface area contributed by atoms with Crippen LogP contribution in [0.5, 0.6) is 0 Å². The van der Waals surface area contributed by atoms with Crippen molar-refractivity contribution in [2.45, 2.75) is 39.3 Å². The van der Waals surface area contributed by atoms with Crippen molar-refractivity contribution in [3.8, 4) is 0 Å². The molecule has 1 atom stereocenters. The second kappa shape index (κ2) is 6.66. The van der Waals surface area contributed by atoms with Crippen molar-refractivity contribution in [3.05, 3.63) is 22.4 Å². The summed E-state index contributed by atoms with van der Waals surface area (Å²) in [5, 5.41) is 10.4. The van der Waals surface area contributed by atoms with E-state index in [0.717, 1.165) is 6.54 Å². The maximum atomic E-state index is 11.4. The van der Waals surface area contributed by atoms with Gasteiger partial charge in [-0.2, -0.15) is 11.3 Å². The smallest absolute Gasteiger partial charge is 0.221 e. The second-order valence-electron chi connectivity index (χ2n) is 4.20. The van der Waals surface area contributed by atoms with Crippen molar-refractivity contribution in [2.24, 2.45) is 0 Å². The Bertz CT molecular complexity index is 309. The molecule has 1 heterocycles. The average Bonchev–Trinajstić information content (AvgIpc) is 2.68. The van der Waals surface area contributed by atoms with E-state index >= 15 is 0 Å². The summed E-state index contributed by atoms with van der Waals surface area (Å²) in [6.07, 6.45) is 0.534. The topological polar surface area (TPSA) is 41.1 Å². The molecule has 0 aliphatic carbocycles. The van der Waals surface area contributed by atoms with Crippen LogP contribution in [0.4, 0.5) is 0 Å². The minimum absolute atomic E-state index is 0.111.